The van der Waals surface area contributed by atoms with Gasteiger partial charge in [0.15, 0.2) is 0 Å². The van der Waals surface area contributed by atoms with Crippen LogP contribution in [0.3, 0.4) is 0 Å². The smallest absolute Gasteiger partial charge is 0.368 e. The van der Waals surface area contributed by atoms with Crippen LogP contribution in [0.4, 0.5) is 0 Å². The molecule has 0 aliphatic carbocycles. The van der Waals surface area contributed by atoms with Gasteiger partial charge in [-0.05, 0) is 38.8 Å². The summed E-state index contributed by atoms with van der Waals surface area (Å²) in [6.07, 6.45) is 1.88. The van der Waals surface area contributed by atoms with Gasteiger partial charge in [-0.1, -0.05) is 60.7 Å². The number of carboxylic acid groups (broad SMARTS) is 1. The van der Waals surface area contributed by atoms with Crippen LogP contribution in [0.1, 0.15) is 57.7 Å². The molecule has 0 saturated carbocycles. The summed E-state index contributed by atoms with van der Waals surface area (Å²) in [6.45, 7) is 13.1. The molecule has 7 heteroatoms. The molecule has 7 nitrogen and oxygen atoms in total. The molecule has 2 fully saturated rings. The van der Waals surface area contributed by atoms with Gasteiger partial charge in [-0.25, -0.2) is 4.79 Å². The molecule has 2 aromatic carbocycles. The van der Waals surface area contributed by atoms with Gasteiger partial charge >= 0.3 is 5.97 Å². The largest absolute Gasteiger partial charge is 0.476 e. The van der Waals surface area contributed by atoms with Crippen molar-refractivity contribution in [2.75, 3.05) is 26.2 Å². The van der Waals surface area contributed by atoms with Gasteiger partial charge in [0.05, 0.1) is 6.04 Å². The summed E-state index contributed by atoms with van der Waals surface area (Å²) in [5.41, 5.74) is 4.28. The maximum Gasteiger partial charge on any atom is 0.368 e. The minimum Gasteiger partial charge on any atom is -0.476 e. The van der Waals surface area contributed by atoms with E-state index in [1.54, 1.807) is 0 Å². The van der Waals surface area contributed by atoms with E-state index >= 15 is 0 Å². The van der Waals surface area contributed by atoms with Gasteiger partial charge in [-0.2, -0.15) is 5.10 Å². The number of aldehydes is 1. The van der Waals surface area contributed by atoms with Crippen molar-refractivity contribution in [3.63, 3.8) is 0 Å². The SMILES string of the molecule is CC1(C)CC(=NN2CCN(C(c3ccccc3)c3ccccc3)CC2)CC(C)(C)N1.O=CC(=O)O. The number of hydrazone groups is 1. The van der Waals surface area contributed by atoms with E-state index in [0.717, 1.165) is 39.0 Å². The molecule has 0 unspecified atom stereocenters. The van der Waals surface area contributed by atoms with Crippen LogP contribution in [0.15, 0.2) is 65.8 Å². The normalized spacial score (nSPS) is 19.5. The number of carbonyl (C=O) groups is 2. The average molecular weight is 479 g/mol. The number of nitrogens with zero attached hydrogens (tertiary/aromatic N) is 3. The van der Waals surface area contributed by atoms with Gasteiger partial charge in [0.1, 0.15) is 0 Å². The fourth-order valence-corrected chi connectivity index (χ4v) is 5.31. The van der Waals surface area contributed by atoms with Crippen LogP contribution in [-0.2, 0) is 9.59 Å². The lowest BCUT2D eigenvalue weighted by atomic mass is 9.81. The second kappa shape index (κ2) is 11.6. The summed E-state index contributed by atoms with van der Waals surface area (Å²) in [5.74, 6) is -1.43. The zero-order valence-corrected chi connectivity index (χ0v) is 21.3. The zero-order chi connectivity index (χ0) is 25.5. The van der Waals surface area contributed by atoms with E-state index < -0.39 is 5.97 Å². The van der Waals surface area contributed by atoms with Crippen molar-refractivity contribution in [2.45, 2.75) is 57.7 Å². The van der Waals surface area contributed by atoms with Crippen molar-refractivity contribution in [1.82, 2.24) is 15.2 Å². The minimum absolute atomic E-state index is 0.105. The Morgan fingerprint density at radius 3 is 1.71 bits per heavy atom. The zero-order valence-electron chi connectivity index (χ0n) is 21.3. The van der Waals surface area contributed by atoms with Crippen LogP contribution in [0.25, 0.3) is 0 Å². The van der Waals surface area contributed by atoms with Gasteiger partial charge in [0.2, 0.25) is 6.29 Å². The summed E-state index contributed by atoms with van der Waals surface area (Å²) >= 11 is 0. The first-order chi connectivity index (χ1) is 16.6. The molecular formula is C28H38N4O3. The predicted octanol–water partition coefficient (Wildman–Crippen LogP) is 3.96. The van der Waals surface area contributed by atoms with Crippen molar-refractivity contribution < 1.29 is 14.7 Å². The van der Waals surface area contributed by atoms with E-state index in [1.807, 2.05) is 0 Å². The lowest BCUT2D eigenvalue weighted by Crippen LogP contribution is -2.58. The van der Waals surface area contributed by atoms with E-state index in [0.29, 0.717) is 6.04 Å². The summed E-state index contributed by atoms with van der Waals surface area (Å²) in [7, 11) is 0. The molecule has 0 bridgehead atoms. The molecule has 2 saturated heterocycles. The maximum absolute atomic E-state index is 9.00. The Morgan fingerprint density at radius 2 is 1.31 bits per heavy atom. The third-order valence-corrected chi connectivity index (χ3v) is 6.24. The Hall–Kier alpha value is -3.03. The Morgan fingerprint density at radius 1 is 0.886 bits per heavy atom. The topological polar surface area (TPSA) is 85.2 Å². The number of carbonyl (C=O) groups excluding carboxylic acids is 1. The first-order valence-corrected chi connectivity index (χ1v) is 12.2. The Labute approximate surface area is 208 Å². The molecule has 0 spiro atoms. The standard InChI is InChI=1S/C26H36N4.C2H2O3/c1-25(2)19-23(20-26(3,4)28-25)27-30-17-15-29(16-18-30)24(21-11-7-5-8-12-21)22-13-9-6-10-14-22;3-1-2(4)5/h5-14,24,28H,15-20H2,1-4H3;1H,(H,4,5). The highest BCUT2D eigenvalue weighted by Gasteiger charge is 2.36. The first-order valence-electron chi connectivity index (χ1n) is 12.2. The Kier molecular flexibility index (Phi) is 8.81. The second-order valence-electron chi connectivity index (χ2n) is 10.6. The van der Waals surface area contributed by atoms with E-state index in [4.69, 9.17) is 19.8 Å². The van der Waals surface area contributed by atoms with E-state index in [9.17, 15) is 0 Å². The molecule has 2 aromatic rings. The number of hydrogen-bond acceptors (Lipinski definition) is 6. The highest BCUT2D eigenvalue weighted by Crippen LogP contribution is 2.30. The molecule has 0 aromatic heterocycles. The number of aliphatic carboxylic acids is 1. The molecule has 35 heavy (non-hydrogen) atoms. The minimum atomic E-state index is -1.43. The lowest BCUT2D eigenvalue weighted by Gasteiger charge is -2.44. The number of rotatable bonds is 5. The quantitative estimate of drug-likeness (QED) is 0.500. The van der Waals surface area contributed by atoms with Crippen molar-refractivity contribution in [2.24, 2.45) is 5.10 Å². The van der Waals surface area contributed by atoms with Crippen molar-refractivity contribution >= 4 is 18.0 Å². The van der Waals surface area contributed by atoms with Gasteiger partial charge in [0, 0.05) is 55.8 Å². The molecular weight excluding hydrogens is 440 g/mol. The summed E-state index contributed by atoms with van der Waals surface area (Å²) < 4.78 is 0. The van der Waals surface area contributed by atoms with E-state index in [2.05, 4.69) is 104 Å². The maximum atomic E-state index is 9.00. The predicted molar refractivity (Wildman–Crippen MR) is 140 cm³/mol. The van der Waals surface area contributed by atoms with Crippen molar-refractivity contribution in [1.29, 1.82) is 0 Å². The number of nitrogens with one attached hydrogen (secondary N) is 1. The molecule has 4 rings (SSSR count). The number of carboxylic acids is 1. The lowest BCUT2D eigenvalue weighted by molar-refractivity contribution is -0.143. The highest BCUT2D eigenvalue weighted by atomic mass is 16.4. The van der Waals surface area contributed by atoms with Crippen LogP contribution in [0.5, 0.6) is 0 Å². The molecule has 2 heterocycles. The van der Waals surface area contributed by atoms with Crippen LogP contribution in [0, 0.1) is 0 Å². The molecule has 0 amide bonds. The van der Waals surface area contributed by atoms with Crippen molar-refractivity contribution in [3.8, 4) is 0 Å². The molecule has 2 aliphatic heterocycles. The molecule has 2 aliphatic rings. The Balaban J connectivity index is 0.000000623. The summed E-state index contributed by atoms with van der Waals surface area (Å²) in [4.78, 5) is 20.5. The van der Waals surface area contributed by atoms with Gasteiger partial charge < -0.3 is 10.4 Å². The number of hydrogen-bond donors (Lipinski definition) is 2. The van der Waals surface area contributed by atoms with Crippen LogP contribution in [0.2, 0.25) is 0 Å². The molecule has 0 radical (unpaired) electrons. The number of piperidine rings is 1. The third kappa shape index (κ3) is 8.01. The number of piperazine rings is 1. The highest BCUT2D eigenvalue weighted by molar-refractivity contribution is 6.19. The number of benzene rings is 2. The van der Waals surface area contributed by atoms with Crippen LogP contribution < -0.4 is 5.32 Å². The molecule has 2 N–H and O–H groups in total. The summed E-state index contributed by atoms with van der Waals surface area (Å²) in [6, 6.07) is 22.1. The fraction of sp³-hybridized carbons (Fsp3) is 0.464. The molecule has 188 valence electrons. The fourth-order valence-electron chi connectivity index (χ4n) is 5.31. The third-order valence-electron chi connectivity index (χ3n) is 6.24. The monoisotopic (exact) mass is 478 g/mol. The first kappa shape index (κ1) is 26.6. The van der Waals surface area contributed by atoms with Gasteiger partial charge in [0.25, 0.3) is 0 Å². The van der Waals surface area contributed by atoms with E-state index in [1.165, 1.54) is 16.8 Å². The second-order valence-corrected chi connectivity index (χ2v) is 10.6. The summed E-state index contributed by atoms with van der Waals surface area (Å²) in [5, 5.41) is 18.5. The van der Waals surface area contributed by atoms with Crippen LogP contribution in [-0.4, -0.2) is 70.2 Å². The van der Waals surface area contributed by atoms with E-state index in [-0.39, 0.29) is 17.4 Å². The van der Waals surface area contributed by atoms with Gasteiger partial charge in [-0.15, -0.1) is 0 Å². The van der Waals surface area contributed by atoms with Crippen LogP contribution >= 0.6 is 0 Å². The van der Waals surface area contributed by atoms with Crippen molar-refractivity contribution in [3.05, 3.63) is 71.8 Å². The average Bonchev–Trinajstić information content (AvgIpc) is 2.80. The van der Waals surface area contributed by atoms with Gasteiger partial charge in [-0.3, -0.25) is 14.7 Å². The Bertz CT molecular complexity index is 940. The molecule has 0 atom stereocenters.